The summed E-state index contributed by atoms with van der Waals surface area (Å²) >= 11 is 0. The van der Waals surface area contributed by atoms with Gasteiger partial charge < -0.3 is 15.8 Å². The van der Waals surface area contributed by atoms with E-state index < -0.39 is 17.6 Å². The Balaban J connectivity index is 0.00000225. The number of nitrogens with two attached hydrogens (primary N) is 1. The fraction of sp³-hybridized carbons (Fsp3) is 0.368. The van der Waals surface area contributed by atoms with Crippen molar-refractivity contribution in [1.82, 2.24) is 4.98 Å². The summed E-state index contributed by atoms with van der Waals surface area (Å²) in [7, 11) is 0. The lowest BCUT2D eigenvalue weighted by molar-refractivity contribution is -0.137. The zero-order valence-electron chi connectivity index (χ0n) is 15.6. The molecule has 3 rings (SSSR count). The van der Waals surface area contributed by atoms with E-state index in [1.807, 2.05) is 0 Å². The van der Waals surface area contributed by atoms with Gasteiger partial charge in [-0.1, -0.05) is 6.42 Å². The number of rotatable bonds is 5. The smallest absolute Gasteiger partial charge is 0.417 e. The Morgan fingerprint density at radius 2 is 1.93 bits per heavy atom. The maximum Gasteiger partial charge on any atom is 0.417 e. The quantitative estimate of drug-likeness (QED) is 0.590. The van der Waals surface area contributed by atoms with Crippen LogP contribution in [0.2, 0.25) is 0 Å². The highest BCUT2D eigenvalue weighted by molar-refractivity contribution is 5.93. The third-order valence-corrected chi connectivity index (χ3v) is 4.78. The molecule has 0 radical (unpaired) electrons. The molecule has 3 N–H and O–H groups in total. The van der Waals surface area contributed by atoms with Crippen molar-refractivity contribution in [3.05, 3.63) is 47.9 Å². The van der Waals surface area contributed by atoms with E-state index in [-0.39, 0.29) is 59.9 Å². The number of amides is 1. The third-order valence-electron chi connectivity index (χ3n) is 4.78. The average molecular weight is 470 g/mol. The van der Waals surface area contributed by atoms with Crippen molar-refractivity contribution in [3.63, 3.8) is 0 Å². The first kappa shape index (κ1) is 25.9. The first-order valence-corrected chi connectivity index (χ1v) is 8.79. The lowest BCUT2D eigenvalue weighted by Crippen LogP contribution is -2.29. The van der Waals surface area contributed by atoms with Gasteiger partial charge in [-0.05, 0) is 43.5 Å². The van der Waals surface area contributed by atoms with Crippen LogP contribution < -0.4 is 15.8 Å². The van der Waals surface area contributed by atoms with Crippen molar-refractivity contribution in [2.75, 3.05) is 11.9 Å². The molecule has 0 aliphatic heterocycles. The Morgan fingerprint density at radius 1 is 1.20 bits per heavy atom. The van der Waals surface area contributed by atoms with E-state index in [0.29, 0.717) is 12.7 Å². The minimum absolute atomic E-state index is 0. The molecule has 11 heteroatoms. The van der Waals surface area contributed by atoms with Gasteiger partial charge >= 0.3 is 6.18 Å². The number of nitrogens with zero attached hydrogens (tertiary/aromatic N) is 1. The monoisotopic (exact) mass is 469 g/mol. The van der Waals surface area contributed by atoms with Crippen molar-refractivity contribution in [1.29, 1.82) is 0 Å². The molecule has 1 aromatic carbocycles. The molecule has 1 aliphatic rings. The lowest BCUT2D eigenvalue weighted by atomic mass is 9.95. The van der Waals surface area contributed by atoms with E-state index in [4.69, 9.17) is 10.5 Å². The lowest BCUT2D eigenvalue weighted by Gasteiger charge is -2.17. The summed E-state index contributed by atoms with van der Waals surface area (Å²) in [4.78, 5) is 15.9. The molecule has 0 unspecified atom stereocenters. The highest BCUT2D eigenvalue weighted by Crippen LogP contribution is 2.33. The van der Waals surface area contributed by atoms with E-state index >= 15 is 0 Å². The number of anilines is 1. The van der Waals surface area contributed by atoms with Gasteiger partial charge in [0.15, 0.2) is 11.6 Å². The first-order valence-electron chi connectivity index (χ1n) is 8.79. The number of hydrogen-bond acceptors (Lipinski definition) is 4. The zero-order chi connectivity index (χ0) is 20.3. The first-order chi connectivity index (χ1) is 13.3. The van der Waals surface area contributed by atoms with Gasteiger partial charge in [-0.25, -0.2) is 9.37 Å². The maximum atomic E-state index is 14.3. The summed E-state index contributed by atoms with van der Waals surface area (Å²) in [5, 5.41) is 2.67. The fourth-order valence-corrected chi connectivity index (χ4v) is 3.28. The Morgan fingerprint density at radius 3 is 2.50 bits per heavy atom. The molecular weight excluding hydrogens is 449 g/mol. The largest absolute Gasteiger partial charge is 0.436 e. The molecular formula is C19H21Cl2F4N3O2. The van der Waals surface area contributed by atoms with Gasteiger partial charge in [0.1, 0.15) is 0 Å². The molecule has 1 amide bonds. The maximum absolute atomic E-state index is 14.3. The summed E-state index contributed by atoms with van der Waals surface area (Å²) in [5.41, 5.74) is 5.01. The number of ether oxygens (including phenoxy) is 1. The van der Waals surface area contributed by atoms with Crippen molar-refractivity contribution in [2.24, 2.45) is 17.6 Å². The second kappa shape index (κ2) is 10.8. The molecule has 2 aromatic rings. The van der Waals surface area contributed by atoms with E-state index in [9.17, 15) is 22.4 Å². The normalized spacial score (nSPS) is 18.2. The number of benzene rings is 1. The number of alkyl halides is 3. The highest BCUT2D eigenvalue weighted by atomic mass is 35.5. The number of nitrogens with one attached hydrogen (secondary N) is 1. The predicted octanol–water partition coefficient (Wildman–Crippen LogP) is 5.19. The summed E-state index contributed by atoms with van der Waals surface area (Å²) in [6, 6.07) is 5.62. The number of carbonyl (C=O) groups excluding carboxylic acids is 1. The van der Waals surface area contributed by atoms with Gasteiger partial charge in [0.25, 0.3) is 0 Å². The molecule has 0 saturated heterocycles. The minimum Gasteiger partial charge on any atom is -0.436 e. The van der Waals surface area contributed by atoms with E-state index in [2.05, 4.69) is 10.3 Å². The van der Waals surface area contributed by atoms with Crippen LogP contribution in [0.1, 0.15) is 24.8 Å². The van der Waals surface area contributed by atoms with Crippen LogP contribution in [0.4, 0.5) is 23.2 Å². The van der Waals surface area contributed by atoms with Gasteiger partial charge in [0.05, 0.1) is 5.56 Å². The molecule has 0 bridgehead atoms. The van der Waals surface area contributed by atoms with Crippen molar-refractivity contribution >= 4 is 36.4 Å². The second-order valence-electron chi connectivity index (χ2n) is 6.65. The SMILES string of the molecule is Cl.Cl.NC[C@H]1CCC[C@H]1C(=O)Nc1ccc(Oc2ccc(C(F)(F)F)cn2)c(F)c1. The van der Waals surface area contributed by atoms with Crippen LogP contribution in [-0.4, -0.2) is 17.4 Å². The standard InChI is InChI=1S/C19H19F4N3O2.2ClH/c20-15-8-13(26-18(27)14-3-1-2-11(14)9-24)5-6-16(15)28-17-7-4-12(10-25-17)19(21,22)23;;/h4-8,10-11,14H,1-3,9,24H2,(H,26,27);2*1H/t11-,14-;;/m1../s1. The molecule has 1 aliphatic carbocycles. The van der Waals surface area contributed by atoms with E-state index in [1.165, 1.54) is 12.1 Å². The van der Waals surface area contributed by atoms with Gasteiger partial charge in [0.2, 0.25) is 11.8 Å². The van der Waals surface area contributed by atoms with Crippen molar-refractivity contribution < 1.29 is 27.1 Å². The molecule has 1 heterocycles. The summed E-state index contributed by atoms with van der Waals surface area (Å²) in [5.74, 6) is -1.45. The van der Waals surface area contributed by atoms with Crippen molar-refractivity contribution in [3.8, 4) is 11.6 Å². The molecule has 0 spiro atoms. The van der Waals surface area contributed by atoms with Crippen molar-refractivity contribution in [2.45, 2.75) is 25.4 Å². The number of carbonyl (C=O) groups is 1. The Hall–Kier alpha value is -2.10. The fourth-order valence-electron chi connectivity index (χ4n) is 3.28. The number of aromatic nitrogens is 1. The summed E-state index contributed by atoms with van der Waals surface area (Å²) < 4.78 is 57.1. The van der Waals surface area contributed by atoms with Gasteiger partial charge in [-0.2, -0.15) is 13.2 Å². The van der Waals surface area contributed by atoms with Crippen LogP contribution in [0.3, 0.4) is 0 Å². The van der Waals surface area contributed by atoms with E-state index in [1.54, 1.807) is 0 Å². The molecule has 2 atom stereocenters. The van der Waals surface area contributed by atoms with Gasteiger partial charge in [-0.3, -0.25) is 4.79 Å². The van der Waals surface area contributed by atoms with Gasteiger partial charge in [-0.15, -0.1) is 24.8 Å². The van der Waals surface area contributed by atoms with Crippen LogP contribution in [0.15, 0.2) is 36.5 Å². The Labute approximate surface area is 183 Å². The van der Waals surface area contributed by atoms with E-state index in [0.717, 1.165) is 37.5 Å². The third kappa shape index (κ3) is 6.20. The average Bonchev–Trinajstić information content (AvgIpc) is 3.12. The molecule has 1 fully saturated rings. The minimum atomic E-state index is -4.52. The number of halogens is 6. The zero-order valence-corrected chi connectivity index (χ0v) is 17.2. The van der Waals surface area contributed by atoms with Crippen LogP contribution in [-0.2, 0) is 11.0 Å². The summed E-state index contributed by atoms with van der Waals surface area (Å²) in [6.45, 7) is 0.430. The number of hydrogen-bond donors (Lipinski definition) is 2. The highest BCUT2D eigenvalue weighted by Gasteiger charge is 2.32. The Kier molecular flexibility index (Phi) is 9.33. The van der Waals surface area contributed by atoms with Crippen LogP contribution >= 0.6 is 24.8 Å². The molecule has 1 saturated carbocycles. The molecule has 5 nitrogen and oxygen atoms in total. The molecule has 166 valence electrons. The Bertz CT molecular complexity index is 851. The second-order valence-corrected chi connectivity index (χ2v) is 6.65. The van der Waals surface area contributed by atoms with Crippen LogP contribution in [0, 0.1) is 17.7 Å². The topological polar surface area (TPSA) is 77.2 Å². The number of pyridine rings is 1. The van der Waals surface area contributed by atoms with Crippen LogP contribution in [0.25, 0.3) is 0 Å². The van der Waals surface area contributed by atoms with Gasteiger partial charge in [0, 0.05) is 29.9 Å². The predicted molar refractivity (Wildman–Crippen MR) is 109 cm³/mol. The summed E-state index contributed by atoms with van der Waals surface area (Å²) in [6.07, 6.45) is -1.33. The van der Waals surface area contributed by atoms with Crippen LogP contribution in [0.5, 0.6) is 11.6 Å². The molecule has 1 aromatic heterocycles. The molecule has 30 heavy (non-hydrogen) atoms.